The Morgan fingerprint density at radius 2 is 2.35 bits per heavy atom. The van der Waals surface area contributed by atoms with E-state index in [1.54, 1.807) is 25.3 Å². The molecule has 0 radical (unpaired) electrons. The molecule has 6 heteroatoms. The van der Waals surface area contributed by atoms with E-state index in [1.807, 2.05) is 6.07 Å². The van der Waals surface area contributed by atoms with Gasteiger partial charge in [-0.15, -0.1) is 0 Å². The predicted molar refractivity (Wildman–Crippen MR) is 74.5 cm³/mol. The molecule has 20 heavy (non-hydrogen) atoms. The predicted octanol–water partition coefficient (Wildman–Crippen LogP) is 2.45. The van der Waals surface area contributed by atoms with E-state index in [1.165, 1.54) is 11.0 Å². The Morgan fingerprint density at radius 1 is 1.55 bits per heavy atom. The number of hydrogen-bond acceptors (Lipinski definition) is 4. The van der Waals surface area contributed by atoms with Gasteiger partial charge in [0.2, 0.25) is 12.7 Å². The van der Waals surface area contributed by atoms with Crippen molar-refractivity contribution in [1.29, 1.82) is 5.26 Å². The van der Waals surface area contributed by atoms with Crippen LogP contribution >= 0.6 is 11.6 Å². The largest absolute Gasteiger partial charge is 0.454 e. The fourth-order valence-electron chi connectivity index (χ4n) is 1.71. The zero-order valence-electron chi connectivity index (χ0n) is 10.9. The second-order valence-electron chi connectivity index (χ2n) is 4.24. The van der Waals surface area contributed by atoms with Gasteiger partial charge in [-0.3, -0.25) is 4.79 Å². The van der Waals surface area contributed by atoms with E-state index in [0.29, 0.717) is 29.5 Å². The van der Waals surface area contributed by atoms with E-state index >= 15 is 0 Å². The summed E-state index contributed by atoms with van der Waals surface area (Å²) in [5.41, 5.74) is 0.751. The third kappa shape index (κ3) is 3.22. The van der Waals surface area contributed by atoms with E-state index in [9.17, 15) is 4.79 Å². The van der Waals surface area contributed by atoms with E-state index in [-0.39, 0.29) is 12.7 Å². The number of benzene rings is 1. The van der Waals surface area contributed by atoms with Crippen molar-refractivity contribution in [1.82, 2.24) is 4.90 Å². The number of ether oxygens (including phenoxy) is 2. The Bertz CT molecular complexity index is 593. The fraction of sp³-hybridized carbons (Fsp3) is 0.286. The van der Waals surface area contributed by atoms with Crippen LogP contribution in [0.15, 0.2) is 18.2 Å². The molecule has 5 nitrogen and oxygen atoms in total. The van der Waals surface area contributed by atoms with Crippen molar-refractivity contribution in [3.05, 3.63) is 28.8 Å². The Kier molecular flexibility index (Phi) is 4.49. The molecule has 0 spiro atoms. The van der Waals surface area contributed by atoms with Crippen LogP contribution in [0.2, 0.25) is 5.02 Å². The summed E-state index contributed by atoms with van der Waals surface area (Å²) in [7, 11) is 1.65. The minimum Gasteiger partial charge on any atom is -0.454 e. The van der Waals surface area contributed by atoms with Gasteiger partial charge in [0.25, 0.3) is 0 Å². The van der Waals surface area contributed by atoms with Gasteiger partial charge >= 0.3 is 0 Å². The SMILES string of the molecule is CN(CCC#N)C(=O)/C=C/c1cc(Cl)c2c(c1)OCO2. The lowest BCUT2D eigenvalue weighted by atomic mass is 10.2. The molecular formula is C14H13ClN2O3. The molecule has 0 atom stereocenters. The first-order valence-corrected chi connectivity index (χ1v) is 6.39. The quantitative estimate of drug-likeness (QED) is 0.800. The molecule has 1 aromatic rings. The minimum atomic E-state index is -0.172. The van der Waals surface area contributed by atoms with Gasteiger partial charge in [0.05, 0.1) is 17.5 Å². The van der Waals surface area contributed by atoms with Crippen molar-refractivity contribution < 1.29 is 14.3 Å². The van der Waals surface area contributed by atoms with Crippen molar-refractivity contribution in [3.8, 4) is 17.6 Å². The summed E-state index contributed by atoms with van der Waals surface area (Å²) < 4.78 is 10.5. The third-order valence-electron chi connectivity index (χ3n) is 2.80. The van der Waals surface area contributed by atoms with Crippen LogP contribution in [0, 0.1) is 11.3 Å². The third-order valence-corrected chi connectivity index (χ3v) is 3.08. The maximum atomic E-state index is 11.8. The van der Waals surface area contributed by atoms with Crippen molar-refractivity contribution >= 4 is 23.6 Å². The van der Waals surface area contributed by atoms with Gasteiger partial charge in [-0.2, -0.15) is 5.26 Å². The maximum Gasteiger partial charge on any atom is 0.246 e. The van der Waals surface area contributed by atoms with E-state index in [4.69, 9.17) is 26.3 Å². The number of rotatable bonds is 4. The Morgan fingerprint density at radius 3 is 3.10 bits per heavy atom. The van der Waals surface area contributed by atoms with Crippen LogP contribution in [0.25, 0.3) is 6.08 Å². The number of nitrogens with zero attached hydrogens (tertiary/aromatic N) is 2. The van der Waals surface area contributed by atoms with Gasteiger partial charge in [0.15, 0.2) is 11.5 Å². The lowest BCUT2D eigenvalue weighted by Crippen LogP contribution is -2.25. The molecule has 0 bridgehead atoms. The molecule has 1 aromatic carbocycles. The molecule has 2 rings (SSSR count). The molecule has 1 amide bonds. The molecule has 0 saturated heterocycles. The Balaban J connectivity index is 2.07. The number of likely N-dealkylation sites (N-methyl/N-ethyl adjacent to an activating group) is 1. The van der Waals surface area contributed by atoms with E-state index in [2.05, 4.69) is 0 Å². The zero-order valence-corrected chi connectivity index (χ0v) is 11.7. The summed E-state index contributed by atoms with van der Waals surface area (Å²) in [5, 5.41) is 8.93. The average Bonchev–Trinajstić information content (AvgIpc) is 2.91. The van der Waals surface area contributed by atoms with Crippen LogP contribution in [0.1, 0.15) is 12.0 Å². The lowest BCUT2D eigenvalue weighted by molar-refractivity contribution is -0.124. The highest BCUT2D eigenvalue weighted by molar-refractivity contribution is 6.32. The summed E-state index contributed by atoms with van der Waals surface area (Å²) in [6, 6.07) is 5.46. The minimum absolute atomic E-state index is 0.151. The summed E-state index contributed by atoms with van der Waals surface area (Å²) in [6.07, 6.45) is 3.40. The Labute approximate surface area is 121 Å². The van der Waals surface area contributed by atoms with Gasteiger partial charge in [0, 0.05) is 19.7 Å². The highest BCUT2D eigenvalue weighted by atomic mass is 35.5. The molecule has 0 aromatic heterocycles. The first kappa shape index (κ1) is 14.2. The first-order valence-electron chi connectivity index (χ1n) is 6.01. The average molecular weight is 293 g/mol. The van der Waals surface area contributed by atoms with Gasteiger partial charge in [-0.25, -0.2) is 0 Å². The normalized spacial score (nSPS) is 12.4. The number of nitriles is 1. The molecule has 0 fully saturated rings. The van der Waals surface area contributed by atoms with E-state index in [0.717, 1.165) is 5.56 Å². The van der Waals surface area contributed by atoms with Crippen LogP contribution < -0.4 is 9.47 Å². The van der Waals surface area contributed by atoms with Gasteiger partial charge < -0.3 is 14.4 Å². The van der Waals surface area contributed by atoms with Crippen molar-refractivity contribution in [2.75, 3.05) is 20.4 Å². The van der Waals surface area contributed by atoms with Crippen LogP contribution in [-0.2, 0) is 4.79 Å². The van der Waals surface area contributed by atoms with Crippen molar-refractivity contribution in [2.24, 2.45) is 0 Å². The van der Waals surface area contributed by atoms with Gasteiger partial charge in [-0.05, 0) is 23.8 Å². The topological polar surface area (TPSA) is 62.6 Å². The van der Waals surface area contributed by atoms with Gasteiger partial charge in [0.1, 0.15) is 0 Å². The molecular weight excluding hydrogens is 280 g/mol. The molecule has 1 aliphatic rings. The summed E-state index contributed by atoms with van der Waals surface area (Å²) >= 11 is 6.05. The molecule has 0 unspecified atom stereocenters. The lowest BCUT2D eigenvalue weighted by Gasteiger charge is -2.12. The van der Waals surface area contributed by atoms with Crippen molar-refractivity contribution in [3.63, 3.8) is 0 Å². The fourth-order valence-corrected chi connectivity index (χ4v) is 1.98. The van der Waals surface area contributed by atoms with Crippen LogP contribution in [0.4, 0.5) is 0 Å². The second kappa shape index (κ2) is 6.31. The molecule has 1 aliphatic heterocycles. The van der Waals surface area contributed by atoms with E-state index < -0.39 is 0 Å². The van der Waals surface area contributed by atoms with Crippen LogP contribution in [0.3, 0.4) is 0 Å². The zero-order chi connectivity index (χ0) is 14.5. The van der Waals surface area contributed by atoms with Crippen molar-refractivity contribution in [2.45, 2.75) is 6.42 Å². The summed E-state index contributed by atoms with van der Waals surface area (Å²) in [5.74, 6) is 0.928. The molecule has 104 valence electrons. The number of hydrogen-bond donors (Lipinski definition) is 0. The number of carbonyl (C=O) groups excluding carboxylic acids is 1. The first-order chi connectivity index (χ1) is 9.61. The van der Waals surface area contributed by atoms with Crippen LogP contribution in [-0.4, -0.2) is 31.2 Å². The number of carbonyl (C=O) groups is 1. The summed E-state index contributed by atoms with van der Waals surface area (Å²) in [6.45, 7) is 0.555. The maximum absolute atomic E-state index is 11.8. The smallest absolute Gasteiger partial charge is 0.246 e. The number of halogens is 1. The standard InChI is InChI=1S/C14H13ClN2O3/c1-17(6-2-5-16)13(18)4-3-10-7-11(15)14-12(8-10)19-9-20-14/h3-4,7-8H,2,6,9H2,1H3/b4-3+. The Hall–Kier alpha value is -2.19. The van der Waals surface area contributed by atoms with Gasteiger partial charge in [-0.1, -0.05) is 11.6 Å². The highest BCUT2D eigenvalue weighted by Crippen LogP contribution is 2.40. The van der Waals surface area contributed by atoms with Crippen LogP contribution in [0.5, 0.6) is 11.5 Å². The number of fused-ring (bicyclic) bond motifs is 1. The number of amides is 1. The molecule has 0 aliphatic carbocycles. The second-order valence-corrected chi connectivity index (χ2v) is 4.64. The molecule has 0 N–H and O–H groups in total. The molecule has 0 saturated carbocycles. The highest BCUT2D eigenvalue weighted by Gasteiger charge is 2.17. The monoisotopic (exact) mass is 292 g/mol. The summed E-state index contributed by atoms with van der Waals surface area (Å²) in [4.78, 5) is 13.3. The molecule has 1 heterocycles.